The molecule has 0 amide bonds. The molecule has 0 aromatic carbocycles. The van der Waals surface area contributed by atoms with Gasteiger partial charge in [0.05, 0.1) is 35.8 Å². The number of halogens is 3. The minimum absolute atomic E-state index is 0.00129. The molecule has 0 aliphatic heterocycles. The molecule has 2 N–H and O–H groups in total. The topological polar surface area (TPSA) is 93.4 Å². The SMILES string of the molecule is C[C@H](Nc1nc(Nc2cn(C)cn2)c2cc(F)cnc2n1)c1ncc(F)cc1F. The molecule has 0 fully saturated rings. The van der Waals surface area contributed by atoms with Gasteiger partial charge in [-0.2, -0.15) is 9.97 Å². The predicted octanol–water partition coefficient (Wildman–Crippen LogP) is 3.49. The van der Waals surface area contributed by atoms with Crippen molar-refractivity contribution in [3.63, 3.8) is 0 Å². The maximum atomic E-state index is 14.0. The van der Waals surface area contributed by atoms with Gasteiger partial charge in [-0.3, -0.25) is 4.98 Å². The smallest absolute Gasteiger partial charge is 0.227 e. The minimum atomic E-state index is -0.794. The molecule has 0 saturated carbocycles. The molecule has 8 nitrogen and oxygen atoms in total. The lowest BCUT2D eigenvalue weighted by Gasteiger charge is -2.15. The van der Waals surface area contributed by atoms with Crippen LogP contribution >= 0.6 is 0 Å². The van der Waals surface area contributed by atoms with Crippen molar-refractivity contribution in [2.24, 2.45) is 7.05 Å². The third-order valence-electron chi connectivity index (χ3n) is 4.06. The Balaban J connectivity index is 1.71. The second-order valence-electron chi connectivity index (χ2n) is 6.36. The summed E-state index contributed by atoms with van der Waals surface area (Å²) in [6.45, 7) is 1.63. The average Bonchev–Trinajstić information content (AvgIpc) is 3.07. The van der Waals surface area contributed by atoms with Gasteiger partial charge in [0.15, 0.2) is 5.65 Å². The first kappa shape index (κ1) is 18.6. The number of nitrogens with zero attached hydrogens (tertiary/aromatic N) is 6. The van der Waals surface area contributed by atoms with Crippen molar-refractivity contribution in [1.82, 2.24) is 29.5 Å². The normalized spacial score (nSPS) is 12.2. The number of aryl methyl sites for hydroxylation is 1. The lowest BCUT2D eigenvalue weighted by atomic mass is 10.2. The van der Waals surface area contributed by atoms with E-state index in [2.05, 4.69) is 35.6 Å². The van der Waals surface area contributed by atoms with Gasteiger partial charge >= 0.3 is 0 Å². The second-order valence-corrected chi connectivity index (χ2v) is 6.36. The summed E-state index contributed by atoms with van der Waals surface area (Å²) in [5.41, 5.74) is 0.225. The number of aromatic nitrogens is 6. The Labute approximate surface area is 162 Å². The Bertz CT molecular complexity index is 1190. The summed E-state index contributed by atoms with van der Waals surface area (Å²) < 4.78 is 42.6. The first-order valence-corrected chi connectivity index (χ1v) is 8.55. The summed E-state index contributed by atoms with van der Waals surface area (Å²) in [7, 11) is 1.80. The van der Waals surface area contributed by atoms with Crippen LogP contribution in [0.25, 0.3) is 11.0 Å². The highest BCUT2D eigenvalue weighted by Gasteiger charge is 2.17. The van der Waals surface area contributed by atoms with E-state index < -0.39 is 23.5 Å². The molecular weight excluding hydrogens is 385 g/mol. The lowest BCUT2D eigenvalue weighted by molar-refractivity contribution is 0.550. The molecule has 1 atom stereocenters. The van der Waals surface area contributed by atoms with E-state index in [1.165, 1.54) is 6.07 Å². The summed E-state index contributed by atoms with van der Waals surface area (Å²) in [5, 5.41) is 6.26. The van der Waals surface area contributed by atoms with Crippen LogP contribution in [0, 0.1) is 17.5 Å². The molecule has 0 unspecified atom stereocenters. The molecule has 4 rings (SSSR count). The summed E-state index contributed by atoms with van der Waals surface area (Å²) >= 11 is 0. The Kier molecular flexibility index (Phi) is 4.71. The highest BCUT2D eigenvalue weighted by atomic mass is 19.1. The standard InChI is InChI=1S/C18H15F3N8/c1-9(15-13(21)4-11(20)5-22-15)25-18-27-16-12(3-10(19)6-23-16)17(28-18)26-14-7-29(2)8-24-14/h3-9H,1-2H3,(H2,23,25,26,27,28)/t9-/m0/s1. The Morgan fingerprint density at radius 2 is 1.76 bits per heavy atom. The molecule has 0 spiro atoms. The van der Waals surface area contributed by atoms with Crippen molar-refractivity contribution < 1.29 is 13.2 Å². The van der Waals surface area contributed by atoms with Crippen LogP contribution in [0.2, 0.25) is 0 Å². The van der Waals surface area contributed by atoms with E-state index in [-0.39, 0.29) is 23.1 Å². The van der Waals surface area contributed by atoms with Crippen LogP contribution in [0.15, 0.2) is 37.1 Å². The van der Waals surface area contributed by atoms with E-state index in [0.29, 0.717) is 11.2 Å². The van der Waals surface area contributed by atoms with Crippen molar-refractivity contribution in [3.8, 4) is 0 Å². The number of pyridine rings is 2. The fraction of sp³-hybridized carbons (Fsp3) is 0.167. The maximum absolute atomic E-state index is 14.0. The molecule has 11 heteroatoms. The van der Waals surface area contributed by atoms with E-state index in [1.54, 1.807) is 31.1 Å². The van der Waals surface area contributed by atoms with Crippen LogP contribution in [0.3, 0.4) is 0 Å². The van der Waals surface area contributed by atoms with Crippen LogP contribution in [-0.4, -0.2) is 29.5 Å². The molecular formula is C18H15F3N8. The van der Waals surface area contributed by atoms with Gasteiger partial charge in [0, 0.05) is 19.3 Å². The second kappa shape index (κ2) is 7.34. The average molecular weight is 400 g/mol. The summed E-state index contributed by atoms with van der Waals surface area (Å²) in [6, 6.07) is 1.33. The number of hydrogen-bond acceptors (Lipinski definition) is 7. The molecule has 0 aliphatic rings. The zero-order valence-corrected chi connectivity index (χ0v) is 15.4. The Morgan fingerprint density at radius 3 is 2.48 bits per heavy atom. The lowest BCUT2D eigenvalue weighted by Crippen LogP contribution is -2.14. The Hall–Kier alpha value is -3.76. The van der Waals surface area contributed by atoms with Gasteiger partial charge in [-0.05, 0) is 13.0 Å². The zero-order valence-electron chi connectivity index (χ0n) is 15.4. The first-order valence-electron chi connectivity index (χ1n) is 8.55. The third kappa shape index (κ3) is 3.93. The van der Waals surface area contributed by atoms with Crippen molar-refractivity contribution in [3.05, 3.63) is 60.2 Å². The van der Waals surface area contributed by atoms with Gasteiger partial charge in [0.25, 0.3) is 0 Å². The van der Waals surface area contributed by atoms with E-state index >= 15 is 0 Å². The van der Waals surface area contributed by atoms with Gasteiger partial charge in [0.1, 0.15) is 29.1 Å². The largest absolute Gasteiger partial charge is 0.346 e. The quantitative estimate of drug-likeness (QED) is 0.530. The van der Waals surface area contributed by atoms with E-state index in [9.17, 15) is 13.2 Å². The van der Waals surface area contributed by atoms with E-state index in [4.69, 9.17) is 0 Å². The predicted molar refractivity (Wildman–Crippen MR) is 100.0 cm³/mol. The maximum Gasteiger partial charge on any atom is 0.227 e. The first-order chi connectivity index (χ1) is 13.9. The van der Waals surface area contributed by atoms with Gasteiger partial charge in [-0.25, -0.2) is 23.1 Å². The van der Waals surface area contributed by atoms with Crippen molar-refractivity contribution in [2.75, 3.05) is 10.6 Å². The molecule has 4 aromatic rings. The molecule has 4 heterocycles. The van der Waals surface area contributed by atoms with Crippen molar-refractivity contribution >= 4 is 28.6 Å². The molecule has 0 aliphatic carbocycles. The monoisotopic (exact) mass is 400 g/mol. The molecule has 0 bridgehead atoms. The molecule has 0 saturated heterocycles. The van der Waals surface area contributed by atoms with Gasteiger partial charge in [0.2, 0.25) is 5.95 Å². The highest BCUT2D eigenvalue weighted by molar-refractivity contribution is 5.89. The van der Waals surface area contributed by atoms with Gasteiger partial charge < -0.3 is 15.2 Å². The number of hydrogen-bond donors (Lipinski definition) is 2. The van der Waals surface area contributed by atoms with Crippen molar-refractivity contribution in [2.45, 2.75) is 13.0 Å². The fourth-order valence-electron chi connectivity index (χ4n) is 2.75. The summed E-state index contributed by atoms with van der Waals surface area (Å²) in [4.78, 5) is 20.5. The van der Waals surface area contributed by atoms with Crippen LogP contribution in [0.4, 0.5) is 30.8 Å². The number of anilines is 3. The minimum Gasteiger partial charge on any atom is -0.346 e. The number of nitrogens with one attached hydrogen (secondary N) is 2. The fourth-order valence-corrected chi connectivity index (χ4v) is 2.75. The summed E-state index contributed by atoms with van der Waals surface area (Å²) in [5.74, 6) is -1.25. The van der Waals surface area contributed by atoms with Crippen LogP contribution < -0.4 is 10.6 Å². The zero-order chi connectivity index (χ0) is 20.5. The molecule has 0 radical (unpaired) electrons. The number of imidazole rings is 1. The Morgan fingerprint density at radius 1 is 1.00 bits per heavy atom. The van der Waals surface area contributed by atoms with E-state index in [1.807, 2.05) is 0 Å². The van der Waals surface area contributed by atoms with Crippen LogP contribution in [0.1, 0.15) is 18.7 Å². The summed E-state index contributed by atoms with van der Waals surface area (Å²) in [6.07, 6.45) is 5.27. The van der Waals surface area contributed by atoms with Crippen LogP contribution in [0.5, 0.6) is 0 Å². The van der Waals surface area contributed by atoms with Gasteiger partial charge in [-0.15, -0.1) is 0 Å². The highest BCUT2D eigenvalue weighted by Crippen LogP contribution is 2.26. The van der Waals surface area contributed by atoms with E-state index in [0.717, 1.165) is 18.5 Å². The third-order valence-corrected chi connectivity index (χ3v) is 4.06. The van der Waals surface area contributed by atoms with Gasteiger partial charge in [-0.1, -0.05) is 0 Å². The molecule has 4 aromatic heterocycles. The number of fused-ring (bicyclic) bond motifs is 1. The van der Waals surface area contributed by atoms with Crippen molar-refractivity contribution in [1.29, 1.82) is 0 Å². The molecule has 148 valence electrons. The van der Waals surface area contributed by atoms with Crippen LogP contribution in [-0.2, 0) is 7.05 Å². The molecule has 29 heavy (non-hydrogen) atoms. The number of rotatable bonds is 5.